The van der Waals surface area contributed by atoms with E-state index in [1.54, 1.807) is 37.2 Å². The number of nitrogens with one attached hydrogen (secondary N) is 1. The number of amides is 1. The van der Waals surface area contributed by atoms with E-state index in [1.807, 2.05) is 33.8 Å². The van der Waals surface area contributed by atoms with Crippen molar-refractivity contribution >= 4 is 28.3 Å². The molecule has 198 valence electrons. The first-order chi connectivity index (χ1) is 18.4. The molecule has 1 N–H and O–H groups in total. The summed E-state index contributed by atoms with van der Waals surface area (Å²) in [7, 11) is 3.38. The van der Waals surface area contributed by atoms with Gasteiger partial charge in [0.15, 0.2) is 5.82 Å². The highest BCUT2D eigenvalue weighted by Gasteiger charge is 2.29. The van der Waals surface area contributed by atoms with Gasteiger partial charge in [-0.2, -0.15) is 10.2 Å². The largest absolute Gasteiger partial charge is 0.381 e. The summed E-state index contributed by atoms with van der Waals surface area (Å²) in [6.07, 6.45) is 4.06. The fourth-order valence-corrected chi connectivity index (χ4v) is 5.68. The van der Waals surface area contributed by atoms with Crippen molar-refractivity contribution in [1.29, 1.82) is 0 Å². The fourth-order valence-electron chi connectivity index (χ4n) is 5.68. The van der Waals surface area contributed by atoms with Crippen LogP contribution in [0.2, 0.25) is 0 Å². The van der Waals surface area contributed by atoms with Gasteiger partial charge in [-0.1, -0.05) is 0 Å². The molecule has 38 heavy (non-hydrogen) atoms. The molecule has 4 aromatic rings. The topological polar surface area (TPSA) is 77.2 Å². The molecule has 1 saturated heterocycles. The first kappa shape index (κ1) is 24.5. The maximum atomic E-state index is 14.4. The van der Waals surface area contributed by atoms with E-state index in [2.05, 4.69) is 10.4 Å². The molecule has 2 aromatic carbocycles. The summed E-state index contributed by atoms with van der Waals surface area (Å²) in [6.45, 7) is 1.98. The number of hydrogen-bond donors (Lipinski definition) is 1. The number of halogens is 2. The van der Waals surface area contributed by atoms with Gasteiger partial charge >= 0.3 is 0 Å². The van der Waals surface area contributed by atoms with Crippen molar-refractivity contribution in [2.45, 2.75) is 38.2 Å². The zero-order valence-corrected chi connectivity index (χ0v) is 21.5. The predicted octanol–water partition coefficient (Wildman–Crippen LogP) is 5.17. The van der Waals surface area contributed by atoms with Gasteiger partial charge in [0, 0.05) is 67.8 Å². The Hall–Kier alpha value is -3.79. The maximum Gasteiger partial charge on any atom is 0.264 e. The van der Waals surface area contributed by atoms with E-state index in [9.17, 15) is 13.6 Å². The third kappa shape index (κ3) is 4.22. The number of carbonyl (C=O) groups excluding carboxylic acids is 1. The molecule has 0 atom stereocenters. The van der Waals surface area contributed by atoms with Crippen LogP contribution in [0.3, 0.4) is 0 Å². The maximum absolute atomic E-state index is 14.4. The normalized spacial score (nSPS) is 16.3. The molecule has 0 bridgehead atoms. The SMILES string of the molecule is CNC(=O)c1ccc2c(c1)c(N1CCCc3cc(-c4cnn(C)c4)c(C(F)F)cc31)nn2C1CCOCC1. The molecule has 0 radical (unpaired) electrons. The number of fused-ring (bicyclic) bond motifs is 2. The Balaban J connectivity index is 1.52. The third-order valence-corrected chi connectivity index (χ3v) is 7.59. The van der Waals surface area contributed by atoms with Crippen LogP contribution in [0.15, 0.2) is 42.7 Å². The van der Waals surface area contributed by atoms with Crippen molar-refractivity contribution in [2.24, 2.45) is 7.05 Å². The van der Waals surface area contributed by atoms with E-state index in [4.69, 9.17) is 9.84 Å². The first-order valence-electron chi connectivity index (χ1n) is 13.0. The van der Waals surface area contributed by atoms with Crippen molar-refractivity contribution in [3.63, 3.8) is 0 Å². The summed E-state index contributed by atoms with van der Waals surface area (Å²) < 4.78 is 38.0. The molecule has 0 spiro atoms. The molecule has 1 amide bonds. The molecule has 0 saturated carbocycles. The van der Waals surface area contributed by atoms with Crippen LogP contribution in [0.1, 0.15) is 53.2 Å². The molecule has 1 fully saturated rings. The predicted molar refractivity (Wildman–Crippen MR) is 141 cm³/mol. The van der Waals surface area contributed by atoms with E-state index in [0.717, 1.165) is 47.8 Å². The zero-order chi connectivity index (χ0) is 26.4. The van der Waals surface area contributed by atoms with Crippen LogP contribution in [0.25, 0.3) is 22.0 Å². The Bertz CT molecular complexity index is 1500. The molecule has 4 heterocycles. The standard InChI is InChI=1S/C28H30F2N6O2/c1-31-28(37)18-5-6-24-23(13-18)27(33-36(24)20-7-10-38-11-8-20)35-9-3-4-17-12-21(19-15-32-34(2)16-19)22(26(29)30)14-25(17)35/h5-6,12-16,20,26H,3-4,7-11H2,1-2H3,(H,31,37). The quantitative estimate of drug-likeness (QED) is 0.393. The minimum absolute atomic E-state index is 0.0251. The monoisotopic (exact) mass is 520 g/mol. The third-order valence-electron chi connectivity index (χ3n) is 7.59. The zero-order valence-electron chi connectivity index (χ0n) is 21.5. The van der Waals surface area contributed by atoms with E-state index in [1.165, 1.54) is 0 Å². The summed E-state index contributed by atoms with van der Waals surface area (Å²) in [5.41, 5.74) is 4.35. The molecule has 8 nitrogen and oxygen atoms in total. The lowest BCUT2D eigenvalue weighted by Crippen LogP contribution is -2.26. The average Bonchev–Trinajstić information content (AvgIpc) is 3.55. The molecule has 6 rings (SSSR count). The second kappa shape index (κ2) is 9.83. The number of nitrogens with zero attached hydrogens (tertiary/aromatic N) is 5. The van der Waals surface area contributed by atoms with Crippen LogP contribution in [-0.2, 0) is 18.2 Å². The number of rotatable bonds is 5. The number of ether oxygens (including phenoxy) is 1. The Morgan fingerprint density at radius 2 is 2.00 bits per heavy atom. The van der Waals surface area contributed by atoms with Gasteiger partial charge in [0.25, 0.3) is 12.3 Å². The number of hydrogen-bond acceptors (Lipinski definition) is 5. The highest BCUT2D eigenvalue weighted by molar-refractivity contribution is 6.01. The van der Waals surface area contributed by atoms with Crippen molar-refractivity contribution in [3.05, 3.63) is 59.4 Å². The van der Waals surface area contributed by atoms with Gasteiger partial charge in [-0.25, -0.2) is 8.78 Å². The molecule has 2 aliphatic heterocycles. The summed E-state index contributed by atoms with van der Waals surface area (Å²) >= 11 is 0. The molecule has 0 unspecified atom stereocenters. The van der Waals surface area contributed by atoms with Gasteiger partial charge in [-0.05, 0) is 67.1 Å². The number of anilines is 2. The number of aromatic nitrogens is 4. The van der Waals surface area contributed by atoms with Crippen molar-refractivity contribution in [2.75, 3.05) is 31.7 Å². The second-order valence-corrected chi connectivity index (χ2v) is 9.95. The van der Waals surface area contributed by atoms with Gasteiger partial charge in [0.05, 0.1) is 17.8 Å². The number of benzene rings is 2. The molecular formula is C28H30F2N6O2. The number of carbonyl (C=O) groups is 1. The number of alkyl halides is 2. The van der Waals surface area contributed by atoms with Gasteiger partial charge in [0.1, 0.15) is 0 Å². The lowest BCUT2D eigenvalue weighted by molar-refractivity contribution is 0.0675. The lowest BCUT2D eigenvalue weighted by atomic mass is 9.93. The van der Waals surface area contributed by atoms with Crippen molar-refractivity contribution in [1.82, 2.24) is 24.9 Å². The smallest absolute Gasteiger partial charge is 0.264 e. The van der Waals surface area contributed by atoms with Crippen molar-refractivity contribution in [3.8, 4) is 11.1 Å². The highest BCUT2D eigenvalue weighted by atomic mass is 19.3. The van der Waals surface area contributed by atoms with Crippen LogP contribution in [0.4, 0.5) is 20.3 Å². The Labute approximate surface area is 219 Å². The minimum Gasteiger partial charge on any atom is -0.381 e. The van der Waals surface area contributed by atoms with Crippen LogP contribution in [-0.4, -0.2) is 52.3 Å². The highest BCUT2D eigenvalue weighted by Crippen LogP contribution is 2.43. The first-order valence-corrected chi connectivity index (χ1v) is 13.0. The van der Waals surface area contributed by atoms with E-state index < -0.39 is 6.43 Å². The summed E-state index contributed by atoms with van der Waals surface area (Å²) in [6, 6.07) is 9.27. The van der Waals surface area contributed by atoms with Gasteiger partial charge in [-0.3, -0.25) is 14.2 Å². The van der Waals surface area contributed by atoms with Crippen LogP contribution in [0.5, 0.6) is 0 Å². The van der Waals surface area contributed by atoms with Crippen molar-refractivity contribution < 1.29 is 18.3 Å². The summed E-state index contributed by atoms with van der Waals surface area (Å²) in [5.74, 6) is 0.504. The van der Waals surface area contributed by atoms with Gasteiger partial charge in [-0.15, -0.1) is 0 Å². The Morgan fingerprint density at radius 1 is 1.18 bits per heavy atom. The minimum atomic E-state index is -2.64. The molecule has 2 aliphatic rings. The van der Waals surface area contributed by atoms with Gasteiger partial charge in [0.2, 0.25) is 0 Å². The summed E-state index contributed by atoms with van der Waals surface area (Å²) in [4.78, 5) is 14.5. The average molecular weight is 521 g/mol. The van der Waals surface area contributed by atoms with E-state index in [0.29, 0.717) is 42.3 Å². The molecule has 10 heteroatoms. The fraction of sp³-hybridized carbons (Fsp3) is 0.393. The van der Waals surface area contributed by atoms with E-state index >= 15 is 0 Å². The molecular weight excluding hydrogens is 490 g/mol. The summed E-state index contributed by atoms with van der Waals surface area (Å²) in [5, 5.41) is 12.8. The van der Waals surface area contributed by atoms with Gasteiger partial charge < -0.3 is 15.0 Å². The Kier molecular flexibility index (Phi) is 6.35. The van der Waals surface area contributed by atoms with E-state index in [-0.39, 0.29) is 17.5 Å². The Morgan fingerprint density at radius 3 is 2.71 bits per heavy atom. The second-order valence-electron chi connectivity index (χ2n) is 9.95. The molecule has 2 aromatic heterocycles. The van der Waals surface area contributed by atoms with Crippen LogP contribution < -0.4 is 10.2 Å². The van der Waals surface area contributed by atoms with Crippen LogP contribution in [0, 0.1) is 0 Å². The number of aryl methyl sites for hydroxylation is 2. The van der Waals surface area contributed by atoms with Crippen LogP contribution >= 0.6 is 0 Å². The lowest BCUT2D eigenvalue weighted by Gasteiger charge is -2.31. The molecule has 0 aliphatic carbocycles.